The molecule has 8 nitrogen and oxygen atoms in total. The van der Waals surface area contributed by atoms with Gasteiger partial charge in [0.2, 0.25) is 0 Å². The first-order valence-corrected chi connectivity index (χ1v) is 12.8. The smallest absolute Gasteiger partial charge is 0.303 e. The molecule has 4 rings (SSSR count). The fourth-order valence-electron chi connectivity index (χ4n) is 8.68. The number of hydrogen-bond donors (Lipinski definition) is 0. The van der Waals surface area contributed by atoms with Crippen LogP contribution in [-0.4, -0.2) is 47.3 Å². The third-order valence-electron chi connectivity index (χ3n) is 10.1. The van der Waals surface area contributed by atoms with Crippen molar-refractivity contribution in [1.82, 2.24) is 0 Å². The zero-order valence-electron chi connectivity index (χ0n) is 21.7. The van der Waals surface area contributed by atoms with Gasteiger partial charge in [0.25, 0.3) is 0 Å². The fourth-order valence-corrected chi connectivity index (χ4v) is 8.68. The van der Waals surface area contributed by atoms with Gasteiger partial charge in [-0.1, -0.05) is 13.8 Å². The number of carbonyl (C=O) groups excluding carboxylic acids is 5. The summed E-state index contributed by atoms with van der Waals surface area (Å²) in [4.78, 5) is 63.0. The van der Waals surface area contributed by atoms with Gasteiger partial charge in [0.1, 0.15) is 18.0 Å². The molecular formula is C27H38O8. The Bertz CT molecular complexity index is 957. The second-order valence-corrected chi connectivity index (χ2v) is 11.7. The molecule has 9 atom stereocenters. The first-order chi connectivity index (χ1) is 16.3. The Morgan fingerprint density at radius 1 is 0.829 bits per heavy atom. The van der Waals surface area contributed by atoms with Crippen LogP contribution >= 0.6 is 0 Å². The first-order valence-electron chi connectivity index (χ1n) is 12.8. The van der Waals surface area contributed by atoms with E-state index in [1.807, 2.05) is 6.92 Å². The van der Waals surface area contributed by atoms with Crippen LogP contribution < -0.4 is 0 Å². The van der Waals surface area contributed by atoms with Gasteiger partial charge in [-0.15, -0.1) is 0 Å². The first kappa shape index (κ1) is 25.8. The van der Waals surface area contributed by atoms with Crippen molar-refractivity contribution >= 4 is 29.5 Å². The van der Waals surface area contributed by atoms with E-state index in [1.165, 1.54) is 27.7 Å². The summed E-state index contributed by atoms with van der Waals surface area (Å²) >= 11 is 0. The predicted molar refractivity (Wildman–Crippen MR) is 124 cm³/mol. The van der Waals surface area contributed by atoms with Crippen molar-refractivity contribution in [2.24, 2.45) is 34.5 Å². The molecule has 0 aromatic heterocycles. The Balaban J connectivity index is 1.82. The lowest BCUT2D eigenvalue weighted by molar-refractivity contribution is -0.254. The van der Waals surface area contributed by atoms with Crippen LogP contribution in [0.2, 0.25) is 0 Å². The quantitative estimate of drug-likeness (QED) is 0.434. The lowest BCUT2D eigenvalue weighted by atomic mass is 9.42. The minimum absolute atomic E-state index is 0.0191. The van der Waals surface area contributed by atoms with E-state index in [0.717, 1.165) is 25.7 Å². The largest absolute Gasteiger partial charge is 0.463 e. The van der Waals surface area contributed by atoms with Gasteiger partial charge in [-0.3, -0.25) is 24.0 Å². The number of esters is 3. The lowest BCUT2D eigenvalue weighted by Gasteiger charge is -2.64. The van der Waals surface area contributed by atoms with Crippen molar-refractivity contribution in [2.45, 2.75) is 104 Å². The van der Waals surface area contributed by atoms with Gasteiger partial charge in [-0.2, -0.15) is 0 Å². The normalized spacial score (nSPS) is 44.3. The summed E-state index contributed by atoms with van der Waals surface area (Å²) in [6.45, 7) is 9.54. The molecule has 4 aliphatic rings. The molecular weight excluding hydrogens is 452 g/mol. The van der Waals surface area contributed by atoms with Crippen LogP contribution in [0.3, 0.4) is 0 Å². The van der Waals surface area contributed by atoms with Crippen molar-refractivity contribution in [3.05, 3.63) is 0 Å². The van der Waals surface area contributed by atoms with Gasteiger partial charge in [0.15, 0.2) is 11.4 Å². The van der Waals surface area contributed by atoms with Crippen LogP contribution in [0.4, 0.5) is 0 Å². The van der Waals surface area contributed by atoms with Crippen molar-refractivity contribution in [3.8, 4) is 0 Å². The highest BCUT2D eigenvalue weighted by Crippen LogP contribution is 2.70. The molecule has 0 N–H and O–H groups in total. The van der Waals surface area contributed by atoms with E-state index in [-0.39, 0.29) is 53.2 Å². The highest BCUT2D eigenvalue weighted by molar-refractivity contribution is 5.99. The van der Waals surface area contributed by atoms with E-state index in [4.69, 9.17) is 14.2 Å². The molecule has 194 valence electrons. The van der Waals surface area contributed by atoms with Crippen LogP contribution in [0.25, 0.3) is 0 Å². The van der Waals surface area contributed by atoms with E-state index >= 15 is 0 Å². The molecule has 8 heteroatoms. The number of hydrogen-bond acceptors (Lipinski definition) is 8. The Kier molecular flexibility index (Phi) is 6.42. The molecule has 35 heavy (non-hydrogen) atoms. The molecule has 0 saturated heterocycles. The van der Waals surface area contributed by atoms with Gasteiger partial charge in [0, 0.05) is 39.0 Å². The third kappa shape index (κ3) is 3.73. The van der Waals surface area contributed by atoms with Crippen molar-refractivity contribution in [2.75, 3.05) is 0 Å². The summed E-state index contributed by atoms with van der Waals surface area (Å²) < 4.78 is 17.5. The summed E-state index contributed by atoms with van der Waals surface area (Å²) in [6.07, 6.45) is 3.35. The summed E-state index contributed by atoms with van der Waals surface area (Å²) in [7, 11) is 0. The van der Waals surface area contributed by atoms with Crippen LogP contribution in [0.15, 0.2) is 0 Å². The van der Waals surface area contributed by atoms with E-state index in [2.05, 4.69) is 6.92 Å². The highest BCUT2D eigenvalue weighted by atomic mass is 16.6. The van der Waals surface area contributed by atoms with Gasteiger partial charge >= 0.3 is 17.9 Å². The average molecular weight is 491 g/mol. The molecule has 0 amide bonds. The van der Waals surface area contributed by atoms with Crippen LogP contribution in [0, 0.1) is 34.5 Å². The summed E-state index contributed by atoms with van der Waals surface area (Å²) in [5.41, 5.74) is -2.85. The molecule has 0 aromatic rings. The molecule has 9 unspecified atom stereocenters. The Labute approximate surface area is 206 Å². The van der Waals surface area contributed by atoms with Crippen molar-refractivity contribution in [3.63, 3.8) is 0 Å². The Morgan fingerprint density at radius 2 is 1.49 bits per heavy atom. The van der Waals surface area contributed by atoms with E-state index in [0.29, 0.717) is 12.8 Å². The molecule has 0 aliphatic heterocycles. The molecule has 0 bridgehead atoms. The third-order valence-corrected chi connectivity index (χ3v) is 10.1. The van der Waals surface area contributed by atoms with Gasteiger partial charge in [0.05, 0.1) is 5.41 Å². The SMILES string of the molecule is CC(=O)OC1CCC2(C)C(CCC3C2CC(OC(C)=O)C2(C)C(C(C)=O)CC(=O)C32OC(C)=O)C1. The van der Waals surface area contributed by atoms with E-state index < -0.39 is 35.0 Å². The van der Waals surface area contributed by atoms with Crippen molar-refractivity contribution < 1.29 is 38.2 Å². The lowest BCUT2D eigenvalue weighted by Crippen LogP contribution is -2.71. The van der Waals surface area contributed by atoms with E-state index in [9.17, 15) is 24.0 Å². The topological polar surface area (TPSA) is 113 Å². The second-order valence-electron chi connectivity index (χ2n) is 11.7. The Hall–Kier alpha value is -2.25. The number of Topliss-reactive ketones (excluding diaryl/α,β-unsaturated/α-hetero) is 2. The maximum absolute atomic E-state index is 13.9. The van der Waals surface area contributed by atoms with Crippen LogP contribution in [-0.2, 0) is 38.2 Å². The molecule has 4 saturated carbocycles. The standard InChI is InChI=1S/C27H38O8/c1-14(28)21-12-23(32)27(35-17(4)31)20-8-7-18-11-19(33-15(2)29)9-10-25(18,5)22(20)13-24(26(21,27)6)34-16(3)30/h18-22,24H,7-13H2,1-6H3. The van der Waals surface area contributed by atoms with Crippen LogP contribution in [0.1, 0.15) is 86.5 Å². The Morgan fingerprint density at radius 3 is 2.06 bits per heavy atom. The number of ketones is 2. The zero-order valence-corrected chi connectivity index (χ0v) is 21.7. The number of ether oxygens (including phenoxy) is 3. The maximum Gasteiger partial charge on any atom is 0.303 e. The minimum Gasteiger partial charge on any atom is -0.463 e. The van der Waals surface area contributed by atoms with Crippen LogP contribution in [0.5, 0.6) is 0 Å². The predicted octanol–water partition coefficient (Wildman–Crippen LogP) is 3.57. The summed E-state index contributed by atoms with van der Waals surface area (Å²) in [5, 5.41) is 0. The average Bonchev–Trinajstić information content (AvgIpc) is 2.97. The molecule has 0 heterocycles. The highest BCUT2D eigenvalue weighted by Gasteiger charge is 2.78. The maximum atomic E-state index is 13.9. The van der Waals surface area contributed by atoms with Crippen molar-refractivity contribution in [1.29, 1.82) is 0 Å². The molecule has 4 aliphatic carbocycles. The minimum atomic E-state index is -1.51. The number of rotatable bonds is 4. The fraction of sp³-hybridized carbons (Fsp3) is 0.815. The van der Waals surface area contributed by atoms with Gasteiger partial charge in [-0.25, -0.2) is 0 Å². The zero-order chi connectivity index (χ0) is 25.9. The monoisotopic (exact) mass is 490 g/mol. The molecule has 0 aromatic carbocycles. The number of fused-ring (bicyclic) bond motifs is 5. The number of carbonyl (C=O) groups is 5. The van der Waals surface area contributed by atoms with Gasteiger partial charge < -0.3 is 14.2 Å². The van der Waals surface area contributed by atoms with Gasteiger partial charge in [-0.05, 0) is 62.7 Å². The molecule has 4 fully saturated rings. The second kappa shape index (κ2) is 8.70. The van der Waals surface area contributed by atoms with E-state index in [1.54, 1.807) is 0 Å². The summed E-state index contributed by atoms with van der Waals surface area (Å²) in [6, 6.07) is 0. The molecule has 0 spiro atoms. The summed E-state index contributed by atoms with van der Waals surface area (Å²) in [5.74, 6) is -2.48. The molecule has 0 radical (unpaired) electrons.